The topological polar surface area (TPSA) is 96.3 Å². The van der Waals surface area contributed by atoms with Gasteiger partial charge in [0.2, 0.25) is 0 Å². The van der Waals surface area contributed by atoms with Gasteiger partial charge in [-0.05, 0) is 55.0 Å². The number of amides is 1. The predicted molar refractivity (Wildman–Crippen MR) is 114 cm³/mol. The molecule has 0 bridgehead atoms. The molecule has 0 aliphatic carbocycles. The van der Waals surface area contributed by atoms with Crippen LogP contribution in [-0.4, -0.2) is 14.3 Å². The Hall–Kier alpha value is -3.89. The maximum atomic E-state index is 12.4. The van der Waals surface area contributed by atoms with Gasteiger partial charge < -0.3 is 9.50 Å². The van der Waals surface area contributed by atoms with Crippen molar-refractivity contribution in [2.24, 2.45) is 0 Å². The summed E-state index contributed by atoms with van der Waals surface area (Å²) in [5.41, 5.74) is 1.98. The maximum Gasteiger partial charge on any atom is 0.339 e. The van der Waals surface area contributed by atoms with Crippen molar-refractivity contribution in [2.75, 3.05) is 5.32 Å². The molecule has 0 fully saturated rings. The van der Waals surface area contributed by atoms with E-state index in [1.54, 1.807) is 48.5 Å². The first kappa shape index (κ1) is 20.8. The molecular formula is C23H18N2O4S. The number of carbonyl (C=O) groups excluding carboxylic acids is 1. The van der Waals surface area contributed by atoms with Gasteiger partial charge in [0, 0.05) is 5.69 Å². The lowest BCUT2D eigenvalue weighted by molar-refractivity contribution is -0.112. The third-order valence-electron chi connectivity index (χ3n) is 4.10. The Morgan fingerprint density at radius 2 is 1.60 bits per heavy atom. The lowest BCUT2D eigenvalue weighted by atomic mass is 10.1. The third-order valence-corrected chi connectivity index (χ3v) is 5.36. The Labute approximate surface area is 175 Å². The summed E-state index contributed by atoms with van der Waals surface area (Å²) in [4.78, 5) is 12.3. The molecule has 0 aliphatic heterocycles. The molecule has 0 unspecified atom stereocenters. The largest absolute Gasteiger partial charge is 0.379 e. The highest BCUT2D eigenvalue weighted by molar-refractivity contribution is 7.87. The minimum Gasteiger partial charge on any atom is -0.379 e. The molecule has 30 heavy (non-hydrogen) atoms. The standard InChI is InChI=1S/C23H18N2O4S/c1-17-7-13-22(14-8-17)30(27,28)29-21-11-9-18(10-12-21)15-19(16-24)23(26)25-20-5-3-2-4-6-20/h2-15H,1H3,(H,25,26)/b19-15+. The zero-order chi connectivity index (χ0) is 21.6. The smallest absolute Gasteiger partial charge is 0.339 e. The van der Waals surface area contributed by atoms with Crippen molar-refractivity contribution in [3.63, 3.8) is 0 Å². The molecule has 0 spiro atoms. The number of aryl methyl sites for hydroxylation is 1. The summed E-state index contributed by atoms with van der Waals surface area (Å²) >= 11 is 0. The Morgan fingerprint density at radius 1 is 0.967 bits per heavy atom. The molecule has 3 rings (SSSR count). The van der Waals surface area contributed by atoms with Crippen molar-refractivity contribution in [1.82, 2.24) is 0 Å². The number of rotatable bonds is 6. The molecule has 6 nitrogen and oxygen atoms in total. The van der Waals surface area contributed by atoms with Crippen LogP contribution in [0.15, 0.2) is 89.3 Å². The first-order valence-electron chi connectivity index (χ1n) is 8.97. The number of nitrogens with one attached hydrogen (secondary N) is 1. The fourth-order valence-electron chi connectivity index (χ4n) is 2.53. The Kier molecular flexibility index (Phi) is 6.30. The average molecular weight is 418 g/mol. The number of carbonyl (C=O) groups is 1. The van der Waals surface area contributed by atoms with Crippen molar-refractivity contribution in [3.05, 3.63) is 95.6 Å². The molecule has 1 amide bonds. The van der Waals surface area contributed by atoms with Crippen LogP contribution in [0.3, 0.4) is 0 Å². The Balaban J connectivity index is 1.73. The van der Waals surface area contributed by atoms with Crippen LogP contribution in [0.1, 0.15) is 11.1 Å². The molecular weight excluding hydrogens is 400 g/mol. The lowest BCUT2D eigenvalue weighted by Gasteiger charge is -2.08. The number of nitrogens with zero attached hydrogens (tertiary/aromatic N) is 1. The zero-order valence-electron chi connectivity index (χ0n) is 16.1. The molecule has 7 heteroatoms. The fourth-order valence-corrected chi connectivity index (χ4v) is 3.46. The summed E-state index contributed by atoms with van der Waals surface area (Å²) in [7, 11) is -3.95. The summed E-state index contributed by atoms with van der Waals surface area (Å²) < 4.78 is 29.9. The molecule has 0 radical (unpaired) electrons. The van der Waals surface area contributed by atoms with Gasteiger partial charge >= 0.3 is 10.1 Å². The van der Waals surface area contributed by atoms with Crippen molar-refractivity contribution in [2.45, 2.75) is 11.8 Å². The highest BCUT2D eigenvalue weighted by Gasteiger charge is 2.16. The van der Waals surface area contributed by atoms with E-state index in [1.807, 2.05) is 19.1 Å². The quantitative estimate of drug-likeness (QED) is 0.366. The van der Waals surface area contributed by atoms with Gasteiger partial charge in [0.05, 0.1) is 0 Å². The predicted octanol–water partition coefficient (Wildman–Crippen LogP) is 4.31. The SMILES string of the molecule is Cc1ccc(S(=O)(=O)Oc2ccc(/C=C(\C#N)C(=O)Nc3ccccc3)cc2)cc1. The van der Waals surface area contributed by atoms with Crippen LogP contribution in [0, 0.1) is 18.3 Å². The zero-order valence-corrected chi connectivity index (χ0v) is 16.9. The van der Waals surface area contributed by atoms with Gasteiger partial charge in [-0.15, -0.1) is 0 Å². The molecule has 0 saturated heterocycles. The van der Waals surface area contributed by atoms with E-state index < -0.39 is 16.0 Å². The summed E-state index contributed by atoms with van der Waals surface area (Å²) in [6.07, 6.45) is 1.41. The van der Waals surface area contributed by atoms with Crippen molar-refractivity contribution < 1.29 is 17.4 Å². The van der Waals surface area contributed by atoms with Gasteiger partial charge in [0.1, 0.15) is 22.3 Å². The molecule has 0 aromatic heterocycles. The average Bonchev–Trinajstić information content (AvgIpc) is 2.74. The third kappa shape index (κ3) is 5.34. The van der Waals surface area contributed by atoms with Gasteiger partial charge in [-0.1, -0.05) is 48.0 Å². The number of anilines is 1. The fraction of sp³-hybridized carbons (Fsp3) is 0.0435. The van der Waals surface area contributed by atoms with E-state index in [2.05, 4.69) is 5.32 Å². The van der Waals surface area contributed by atoms with E-state index in [1.165, 1.54) is 30.3 Å². The van der Waals surface area contributed by atoms with E-state index in [0.29, 0.717) is 11.3 Å². The molecule has 150 valence electrons. The first-order chi connectivity index (χ1) is 14.4. The Morgan fingerprint density at radius 3 is 2.20 bits per heavy atom. The van der Waals surface area contributed by atoms with Gasteiger partial charge in [-0.25, -0.2) is 0 Å². The summed E-state index contributed by atoms with van der Waals surface area (Å²) in [5, 5.41) is 11.9. The number of benzene rings is 3. The second kappa shape index (κ2) is 9.07. The second-order valence-corrected chi connectivity index (χ2v) is 7.96. The van der Waals surface area contributed by atoms with Crippen LogP contribution in [0.5, 0.6) is 5.75 Å². The molecule has 0 aliphatic rings. The van der Waals surface area contributed by atoms with Crippen LogP contribution >= 0.6 is 0 Å². The van der Waals surface area contributed by atoms with E-state index in [9.17, 15) is 18.5 Å². The van der Waals surface area contributed by atoms with Crippen LogP contribution in [0.2, 0.25) is 0 Å². The molecule has 3 aromatic rings. The number of para-hydroxylation sites is 1. The number of hydrogen-bond donors (Lipinski definition) is 1. The first-order valence-corrected chi connectivity index (χ1v) is 10.4. The second-order valence-electron chi connectivity index (χ2n) is 6.41. The van der Waals surface area contributed by atoms with E-state index >= 15 is 0 Å². The van der Waals surface area contributed by atoms with Crippen LogP contribution in [0.4, 0.5) is 5.69 Å². The van der Waals surface area contributed by atoms with Crippen LogP contribution in [0.25, 0.3) is 6.08 Å². The minimum absolute atomic E-state index is 0.0569. The molecule has 1 N–H and O–H groups in total. The monoisotopic (exact) mass is 418 g/mol. The van der Waals surface area contributed by atoms with Crippen molar-refractivity contribution in [3.8, 4) is 11.8 Å². The van der Waals surface area contributed by atoms with Crippen LogP contribution < -0.4 is 9.50 Å². The number of nitriles is 1. The van der Waals surface area contributed by atoms with E-state index in [4.69, 9.17) is 4.18 Å². The maximum absolute atomic E-state index is 12.4. The summed E-state index contributed by atoms with van der Waals surface area (Å²) in [6, 6.07) is 23.0. The minimum atomic E-state index is -3.95. The normalized spacial score (nSPS) is 11.4. The molecule has 0 saturated carbocycles. The van der Waals surface area contributed by atoms with Gasteiger partial charge in [-0.2, -0.15) is 13.7 Å². The van der Waals surface area contributed by atoms with Gasteiger partial charge in [0.25, 0.3) is 5.91 Å². The molecule has 3 aromatic carbocycles. The summed E-state index contributed by atoms with van der Waals surface area (Å²) in [6.45, 7) is 1.86. The Bertz CT molecular complexity index is 1210. The highest BCUT2D eigenvalue weighted by atomic mass is 32.2. The van der Waals surface area contributed by atoms with Crippen LogP contribution in [-0.2, 0) is 14.9 Å². The molecule has 0 heterocycles. The highest BCUT2D eigenvalue weighted by Crippen LogP contribution is 2.21. The lowest BCUT2D eigenvalue weighted by Crippen LogP contribution is -2.13. The number of hydrogen-bond acceptors (Lipinski definition) is 5. The van der Waals surface area contributed by atoms with E-state index in [0.717, 1.165) is 5.56 Å². The molecule has 0 atom stereocenters. The van der Waals surface area contributed by atoms with Gasteiger partial charge in [0.15, 0.2) is 0 Å². The van der Waals surface area contributed by atoms with Crippen molar-refractivity contribution >= 4 is 27.8 Å². The van der Waals surface area contributed by atoms with Gasteiger partial charge in [-0.3, -0.25) is 4.79 Å². The van der Waals surface area contributed by atoms with Crippen molar-refractivity contribution in [1.29, 1.82) is 5.26 Å². The summed E-state index contributed by atoms with van der Waals surface area (Å²) in [5.74, 6) is -0.411. The van der Waals surface area contributed by atoms with E-state index in [-0.39, 0.29) is 16.2 Å².